The summed E-state index contributed by atoms with van der Waals surface area (Å²) in [5.41, 5.74) is 2.83. The Balaban J connectivity index is 1.64. The summed E-state index contributed by atoms with van der Waals surface area (Å²) in [5, 5.41) is 5.82. The molecule has 0 aliphatic heterocycles. The van der Waals surface area contributed by atoms with Crippen LogP contribution < -0.4 is 15.4 Å². The van der Waals surface area contributed by atoms with Gasteiger partial charge in [0.1, 0.15) is 5.75 Å². The Bertz CT molecular complexity index is 920. The summed E-state index contributed by atoms with van der Waals surface area (Å²) < 4.78 is 5.27. The first-order chi connectivity index (χ1) is 13.8. The Morgan fingerprint density at radius 2 is 1.46 bits per heavy atom. The van der Waals surface area contributed by atoms with E-state index in [0.29, 0.717) is 5.75 Å². The molecule has 28 heavy (non-hydrogen) atoms. The van der Waals surface area contributed by atoms with Gasteiger partial charge in [0.15, 0.2) is 0 Å². The van der Waals surface area contributed by atoms with E-state index in [-0.39, 0.29) is 18.6 Å². The molecule has 3 aromatic carbocycles. The Kier molecular flexibility index (Phi) is 6.70. The molecule has 3 rings (SSSR count). The molecule has 0 aliphatic rings. The van der Waals surface area contributed by atoms with Crippen molar-refractivity contribution in [2.24, 2.45) is 0 Å². The molecule has 0 heterocycles. The van der Waals surface area contributed by atoms with E-state index < -0.39 is 0 Å². The highest BCUT2D eigenvalue weighted by Crippen LogP contribution is 2.21. The van der Waals surface area contributed by atoms with Crippen LogP contribution in [-0.4, -0.2) is 19.7 Å². The summed E-state index contributed by atoms with van der Waals surface area (Å²) in [6.45, 7) is 0.236. The number of carbonyl (C=O) groups is 1. The number of hydrogen-bond donors (Lipinski definition) is 2. The molecule has 0 saturated heterocycles. The highest BCUT2D eigenvalue weighted by molar-refractivity contribution is 5.75. The lowest BCUT2D eigenvalue weighted by atomic mass is 9.99. The van der Waals surface area contributed by atoms with E-state index >= 15 is 0 Å². The molecule has 3 aromatic rings. The van der Waals surface area contributed by atoms with Crippen LogP contribution in [0.15, 0.2) is 84.9 Å². The maximum Gasteiger partial charge on any atom is 0.316 e. The number of rotatable bonds is 5. The van der Waals surface area contributed by atoms with Gasteiger partial charge in [0.05, 0.1) is 25.3 Å². The fourth-order valence-corrected chi connectivity index (χ4v) is 2.84. The summed E-state index contributed by atoms with van der Waals surface area (Å²) in [6, 6.07) is 26.8. The van der Waals surface area contributed by atoms with E-state index in [2.05, 4.69) is 22.5 Å². The van der Waals surface area contributed by atoms with E-state index in [4.69, 9.17) is 4.74 Å². The highest BCUT2D eigenvalue weighted by Gasteiger charge is 2.15. The van der Waals surface area contributed by atoms with Crippen LogP contribution in [0.5, 0.6) is 5.75 Å². The second-order valence-corrected chi connectivity index (χ2v) is 6.08. The Morgan fingerprint density at radius 3 is 2.07 bits per heavy atom. The minimum atomic E-state index is -0.271. The van der Waals surface area contributed by atoms with Gasteiger partial charge in [-0.3, -0.25) is 0 Å². The molecule has 2 N–H and O–H groups in total. The summed E-state index contributed by atoms with van der Waals surface area (Å²) in [4.78, 5) is 12.4. The second kappa shape index (κ2) is 9.84. The third kappa shape index (κ3) is 5.15. The first-order valence-electron chi connectivity index (χ1n) is 9.04. The van der Waals surface area contributed by atoms with Gasteiger partial charge in [0, 0.05) is 0 Å². The number of nitrogens with one attached hydrogen (secondary N) is 2. The highest BCUT2D eigenvalue weighted by atomic mass is 16.5. The van der Waals surface area contributed by atoms with E-state index in [9.17, 15) is 4.79 Å². The summed E-state index contributed by atoms with van der Waals surface area (Å²) >= 11 is 0. The molecule has 0 spiro atoms. The SMILES string of the molecule is COc1ccccc1C#CCNC(=O)NC(c1ccccc1)c1ccccc1. The predicted molar refractivity (Wildman–Crippen MR) is 111 cm³/mol. The van der Waals surface area contributed by atoms with Crippen molar-refractivity contribution in [2.45, 2.75) is 6.04 Å². The van der Waals surface area contributed by atoms with Crippen molar-refractivity contribution >= 4 is 6.03 Å². The molecule has 4 heteroatoms. The number of ether oxygens (including phenoxy) is 1. The first-order valence-corrected chi connectivity index (χ1v) is 9.04. The van der Waals surface area contributed by atoms with Crippen molar-refractivity contribution in [3.05, 3.63) is 102 Å². The molecule has 140 valence electrons. The molecule has 0 atom stereocenters. The lowest BCUT2D eigenvalue weighted by Crippen LogP contribution is -2.38. The third-order valence-corrected chi connectivity index (χ3v) is 4.21. The monoisotopic (exact) mass is 370 g/mol. The van der Waals surface area contributed by atoms with Crippen molar-refractivity contribution in [2.75, 3.05) is 13.7 Å². The molecule has 0 aliphatic carbocycles. The molecule has 0 unspecified atom stereocenters. The molecule has 4 nitrogen and oxygen atoms in total. The number of urea groups is 1. The van der Waals surface area contributed by atoms with Crippen molar-refractivity contribution < 1.29 is 9.53 Å². The predicted octanol–water partition coefficient (Wildman–Crippen LogP) is 4.14. The van der Waals surface area contributed by atoms with Gasteiger partial charge in [0.25, 0.3) is 0 Å². The molecular weight excluding hydrogens is 348 g/mol. The zero-order valence-electron chi connectivity index (χ0n) is 15.7. The van der Waals surface area contributed by atoms with Crippen LogP contribution in [0.25, 0.3) is 0 Å². The van der Waals surface area contributed by atoms with E-state index in [1.807, 2.05) is 84.9 Å². The van der Waals surface area contributed by atoms with E-state index in [1.54, 1.807) is 7.11 Å². The van der Waals surface area contributed by atoms with Crippen molar-refractivity contribution in [3.63, 3.8) is 0 Å². The maximum atomic E-state index is 12.4. The second-order valence-electron chi connectivity index (χ2n) is 6.08. The molecule has 0 saturated carbocycles. The zero-order valence-corrected chi connectivity index (χ0v) is 15.7. The van der Waals surface area contributed by atoms with Gasteiger partial charge in [-0.1, -0.05) is 84.6 Å². The van der Waals surface area contributed by atoms with Gasteiger partial charge < -0.3 is 15.4 Å². The minimum absolute atomic E-state index is 0.232. The minimum Gasteiger partial charge on any atom is -0.495 e. The fourth-order valence-electron chi connectivity index (χ4n) is 2.84. The first kappa shape index (κ1) is 19.1. The third-order valence-electron chi connectivity index (χ3n) is 4.21. The number of carbonyl (C=O) groups excluding carboxylic acids is 1. The van der Waals surface area contributed by atoms with Gasteiger partial charge >= 0.3 is 6.03 Å². The van der Waals surface area contributed by atoms with Crippen LogP contribution in [0, 0.1) is 11.8 Å². The average Bonchev–Trinajstić information content (AvgIpc) is 2.76. The molecule has 2 amide bonds. The van der Waals surface area contributed by atoms with Crippen LogP contribution >= 0.6 is 0 Å². The largest absolute Gasteiger partial charge is 0.495 e. The Morgan fingerprint density at radius 1 is 0.893 bits per heavy atom. The van der Waals surface area contributed by atoms with Gasteiger partial charge in [-0.05, 0) is 23.3 Å². The summed E-state index contributed by atoms with van der Waals surface area (Å²) in [7, 11) is 1.61. The maximum absolute atomic E-state index is 12.4. The number of amides is 2. The molecule has 0 radical (unpaired) electrons. The fraction of sp³-hybridized carbons (Fsp3) is 0.125. The smallest absolute Gasteiger partial charge is 0.316 e. The number of benzene rings is 3. The average molecular weight is 370 g/mol. The van der Waals surface area contributed by atoms with E-state index in [1.165, 1.54) is 0 Å². The number of hydrogen-bond acceptors (Lipinski definition) is 2. The van der Waals surface area contributed by atoms with Gasteiger partial charge in [-0.25, -0.2) is 4.79 Å². The Labute approximate surface area is 165 Å². The molecule has 0 bridgehead atoms. The van der Waals surface area contributed by atoms with Crippen LogP contribution in [0.2, 0.25) is 0 Å². The van der Waals surface area contributed by atoms with Gasteiger partial charge in [-0.15, -0.1) is 0 Å². The standard InChI is InChI=1S/C24H22N2O2/c1-28-22-17-9-8-11-19(22)16-10-18-25-24(27)26-23(20-12-4-2-5-13-20)21-14-6-3-7-15-21/h2-9,11-15,17,23H,18H2,1H3,(H2,25,26,27). The normalized spacial score (nSPS) is 9.93. The quantitative estimate of drug-likeness (QED) is 0.664. The van der Waals surface area contributed by atoms with Gasteiger partial charge in [-0.2, -0.15) is 0 Å². The Hall–Kier alpha value is -3.71. The number of methoxy groups -OCH3 is 1. The lowest BCUT2D eigenvalue weighted by Gasteiger charge is -2.19. The van der Waals surface area contributed by atoms with Crippen molar-refractivity contribution in [3.8, 4) is 17.6 Å². The van der Waals surface area contributed by atoms with Crippen LogP contribution in [0.3, 0.4) is 0 Å². The number of para-hydroxylation sites is 1. The van der Waals surface area contributed by atoms with Crippen LogP contribution in [0.4, 0.5) is 4.79 Å². The zero-order chi connectivity index (χ0) is 19.6. The van der Waals surface area contributed by atoms with Crippen LogP contribution in [0.1, 0.15) is 22.7 Å². The lowest BCUT2D eigenvalue weighted by molar-refractivity contribution is 0.240. The summed E-state index contributed by atoms with van der Waals surface area (Å²) in [5.74, 6) is 6.69. The van der Waals surface area contributed by atoms with Gasteiger partial charge in [0.2, 0.25) is 0 Å². The van der Waals surface area contributed by atoms with Crippen molar-refractivity contribution in [1.29, 1.82) is 0 Å². The van der Waals surface area contributed by atoms with Crippen molar-refractivity contribution in [1.82, 2.24) is 10.6 Å². The summed E-state index contributed by atoms with van der Waals surface area (Å²) in [6.07, 6.45) is 0. The van der Waals surface area contributed by atoms with Crippen LogP contribution in [-0.2, 0) is 0 Å². The molecule has 0 aromatic heterocycles. The topological polar surface area (TPSA) is 50.4 Å². The van der Waals surface area contributed by atoms with E-state index in [0.717, 1.165) is 16.7 Å². The molecule has 0 fully saturated rings. The molecular formula is C24H22N2O2.